The lowest BCUT2D eigenvalue weighted by molar-refractivity contribution is 0.196. The van der Waals surface area contributed by atoms with Gasteiger partial charge in [-0.15, -0.1) is 5.10 Å². The number of anilines is 1. The highest BCUT2D eigenvalue weighted by atomic mass is 16.5. The molecule has 1 aromatic heterocycles. The Kier molecular flexibility index (Phi) is 4.84. The van der Waals surface area contributed by atoms with Gasteiger partial charge in [-0.05, 0) is 29.0 Å². The van der Waals surface area contributed by atoms with E-state index in [2.05, 4.69) is 31.2 Å². The summed E-state index contributed by atoms with van der Waals surface area (Å²) in [7, 11) is 1.54. The summed E-state index contributed by atoms with van der Waals surface area (Å²) in [5, 5.41) is 25.8. The number of methoxy groups -OCH3 is 1. The van der Waals surface area contributed by atoms with Crippen molar-refractivity contribution in [3.05, 3.63) is 23.8 Å². The monoisotopic (exact) mass is 278 g/mol. The minimum Gasteiger partial charge on any atom is -0.493 e. The molecule has 20 heavy (non-hydrogen) atoms. The molecule has 0 spiro atoms. The van der Waals surface area contributed by atoms with Gasteiger partial charge in [0.15, 0.2) is 11.5 Å². The average molecular weight is 278 g/mol. The number of aliphatic hydroxyl groups excluding tert-OH is 1. The Balaban J connectivity index is 2.03. The second kappa shape index (κ2) is 7.04. The lowest BCUT2D eigenvalue weighted by atomic mass is 10.2. The van der Waals surface area contributed by atoms with Crippen molar-refractivity contribution in [3.63, 3.8) is 0 Å². The fourth-order valence-corrected chi connectivity index (χ4v) is 1.41. The largest absolute Gasteiger partial charge is 0.493 e. The number of benzene rings is 1. The zero-order chi connectivity index (χ0) is 14.2. The SMILES string of the molecule is COc1cc(/C=N\Nc2nn[nH]n2)ccc1OCCO. The number of nitrogens with one attached hydrogen (secondary N) is 2. The molecule has 0 unspecified atom stereocenters. The van der Waals surface area contributed by atoms with Gasteiger partial charge in [0, 0.05) is 0 Å². The van der Waals surface area contributed by atoms with Crippen LogP contribution >= 0.6 is 0 Å². The van der Waals surface area contributed by atoms with Gasteiger partial charge in [0.2, 0.25) is 0 Å². The van der Waals surface area contributed by atoms with Crippen LogP contribution in [-0.2, 0) is 0 Å². The third-order valence-corrected chi connectivity index (χ3v) is 2.26. The van der Waals surface area contributed by atoms with Gasteiger partial charge in [0.05, 0.1) is 19.9 Å². The molecule has 0 bridgehead atoms. The van der Waals surface area contributed by atoms with E-state index in [1.807, 2.05) is 0 Å². The van der Waals surface area contributed by atoms with Crippen LogP contribution in [0.3, 0.4) is 0 Å². The number of hydrogen-bond donors (Lipinski definition) is 3. The first-order valence-corrected chi connectivity index (χ1v) is 5.77. The normalized spacial score (nSPS) is 10.7. The summed E-state index contributed by atoms with van der Waals surface area (Å²) < 4.78 is 10.5. The smallest absolute Gasteiger partial charge is 0.283 e. The summed E-state index contributed by atoms with van der Waals surface area (Å²) in [6, 6.07) is 5.30. The second-order valence-electron chi connectivity index (χ2n) is 3.59. The Hall–Kier alpha value is -2.68. The molecule has 0 saturated carbocycles. The van der Waals surface area contributed by atoms with Crippen LogP contribution in [0.2, 0.25) is 0 Å². The molecule has 0 atom stereocenters. The fourth-order valence-electron chi connectivity index (χ4n) is 1.41. The lowest BCUT2D eigenvalue weighted by Crippen LogP contribution is -2.03. The zero-order valence-corrected chi connectivity index (χ0v) is 10.8. The highest BCUT2D eigenvalue weighted by molar-refractivity contribution is 5.81. The van der Waals surface area contributed by atoms with E-state index in [0.29, 0.717) is 11.5 Å². The van der Waals surface area contributed by atoms with Crippen molar-refractivity contribution >= 4 is 12.2 Å². The number of aromatic nitrogens is 4. The van der Waals surface area contributed by atoms with Gasteiger partial charge in [-0.3, -0.25) is 0 Å². The zero-order valence-electron chi connectivity index (χ0n) is 10.8. The highest BCUT2D eigenvalue weighted by Crippen LogP contribution is 2.27. The summed E-state index contributed by atoms with van der Waals surface area (Å²) in [5.74, 6) is 1.39. The molecule has 2 aromatic rings. The molecular weight excluding hydrogens is 264 g/mol. The van der Waals surface area contributed by atoms with E-state index in [4.69, 9.17) is 14.6 Å². The highest BCUT2D eigenvalue weighted by Gasteiger charge is 2.04. The van der Waals surface area contributed by atoms with Crippen molar-refractivity contribution in [1.29, 1.82) is 0 Å². The van der Waals surface area contributed by atoms with Crippen molar-refractivity contribution in [2.75, 3.05) is 25.7 Å². The minimum absolute atomic E-state index is 0.0546. The van der Waals surface area contributed by atoms with Crippen molar-refractivity contribution in [1.82, 2.24) is 20.6 Å². The Morgan fingerprint density at radius 1 is 1.45 bits per heavy atom. The topological polar surface area (TPSA) is 118 Å². The minimum atomic E-state index is -0.0546. The molecule has 0 aliphatic rings. The van der Waals surface area contributed by atoms with E-state index >= 15 is 0 Å². The van der Waals surface area contributed by atoms with Gasteiger partial charge >= 0.3 is 0 Å². The molecule has 0 fully saturated rings. The molecule has 0 radical (unpaired) electrons. The van der Waals surface area contributed by atoms with Gasteiger partial charge in [-0.2, -0.15) is 10.3 Å². The molecular formula is C11H14N6O3. The standard InChI is InChI=1S/C11H14N6O3/c1-19-10-6-8(2-3-9(10)20-5-4-18)7-12-13-11-14-16-17-15-11/h2-3,6-7,18H,4-5H2,1H3,(H2,13,14,15,16,17)/b12-7-. The first-order chi connectivity index (χ1) is 9.83. The Labute approximate surface area is 114 Å². The van der Waals surface area contributed by atoms with Gasteiger partial charge in [0.25, 0.3) is 5.95 Å². The van der Waals surface area contributed by atoms with Crippen molar-refractivity contribution in [2.45, 2.75) is 0 Å². The van der Waals surface area contributed by atoms with Crippen molar-refractivity contribution in [2.24, 2.45) is 5.10 Å². The maximum atomic E-state index is 8.74. The van der Waals surface area contributed by atoms with E-state index < -0.39 is 0 Å². The Morgan fingerprint density at radius 2 is 2.35 bits per heavy atom. The van der Waals surface area contributed by atoms with E-state index in [1.54, 1.807) is 31.5 Å². The van der Waals surface area contributed by atoms with Crippen LogP contribution in [0.25, 0.3) is 0 Å². The molecule has 106 valence electrons. The van der Waals surface area contributed by atoms with Crippen LogP contribution in [0.5, 0.6) is 11.5 Å². The maximum Gasteiger partial charge on any atom is 0.283 e. The molecule has 0 saturated heterocycles. The van der Waals surface area contributed by atoms with Crippen LogP contribution in [0.15, 0.2) is 23.3 Å². The molecule has 2 rings (SSSR count). The number of rotatable bonds is 7. The third kappa shape index (κ3) is 3.65. The summed E-state index contributed by atoms with van der Waals surface area (Å²) >= 11 is 0. The molecule has 0 aliphatic carbocycles. The Morgan fingerprint density at radius 3 is 3.05 bits per heavy atom. The summed E-state index contributed by atoms with van der Waals surface area (Å²) in [6.45, 7) is 0.157. The first kappa shape index (κ1) is 13.7. The average Bonchev–Trinajstić information content (AvgIpc) is 2.99. The number of ether oxygens (including phenoxy) is 2. The van der Waals surface area contributed by atoms with Crippen LogP contribution in [0, 0.1) is 0 Å². The van der Waals surface area contributed by atoms with Gasteiger partial charge < -0.3 is 14.6 Å². The van der Waals surface area contributed by atoms with Crippen molar-refractivity contribution < 1.29 is 14.6 Å². The summed E-state index contributed by atoms with van der Waals surface area (Å²) in [6.07, 6.45) is 1.58. The van der Waals surface area contributed by atoms with E-state index in [1.165, 1.54) is 0 Å². The molecule has 0 aliphatic heterocycles. The quantitative estimate of drug-likeness (QED) is 0.483. The van der Waals surface area contributed by atoms with E-state index in [-0.39, 0.29) is 19.2 Å². The fraction of sp³-hybridized carbons (Fsp3) is 0.273. The van der Waals surface area contributed by atoms with Crippen LogP contribution < -0.4 is 14.9 Å². The number of hydrazone groups is 1. The first-order valence-electron chi connectivity index (χ1n) is 5.77. The molecule has 1 heterocycles. The molecule has 1 aromatic carbocycles. The molecule has 0 amide bonds. The summed E-state index contributed by atoms with van der Waals surface area (Å²) in [5.41, 5.74) is 3.41. The number of tetrazole rings is 1. The van der Waals surface area contributed by atoms with Crippen LogP contribution in [0.1, 0.15) is 5.56 Å². The predicted octanol–water partition coefficient (Wildman–Crippen LogP) is 0.0254. The van der Waals surface area contributed by atoms with Crippen LogP contribution in [-0.4, -0.2) is 52.3 Å². The van der Waals surface area contributed by atoms with E-state index in [9.17, 15) is 0 Å². The Bertz CT molecular complexity index is 557. The van der Waals surface area contributed by atoms with Crippen LogP contribution in [0.4, 0.5) is 5.95 Å². The predicted molar refractivity (Wildman–Crippen MR) is 71.0 cm³/mol. The summed E-state index contributed by atoms with van der Waals surface area (Å²) in [4.78, 5) is 0. The number of nitrogens with zero attached hydrogens (tertiary/aromatic N) is 4. The molecule has 9 nitrogen and oxygen atoms in total. The third-order valence-electron chi connectivity index (χ3n) is 2.26. The maximum absolute atomic E-state index is 8.74. The number of hydrogen-bond acceptors (Lipinski definition) is 8. The number of aromatic amines is 1. The number of H-pyrrole nitrogens is 1. The lowest BCUT2D eigenvalue weighted by Gasteiger charge is -2.09. The van der Waals surface area contributed by atoms with E-state index in [0.717, 1.165) is 5.56 Å². The second-order valence-corrected chi connectivity index (χ2v) is 3.59. The molecule has 3 N–H and O–H groups in total. The molecule has 9 heteroatoms. The van der Waals surface area contributed by atoms with Gasteiger partial charge in [-0.25, -0.2) is 5.43 Å². The number of aliphatic hydroxyl groups is 1. The van der Waals surface area contributed by atoms with Crippen molar-refractivity contribution in [3.8, 4) is 11.5 Å². The van der Waals surface area contributed by atoms with Gasteiger partial charge in [-0.1, -0.05) is 5.10 Å². The van der Waals surface area contributed by atoms with Gasteiger partial charge in [0.1, 0.15) is 6.61 Å².